The lowest BCUT2D eigenvalue weighted by atomic mass is 10.1. The molecule has 2 aliphatic heterocycles. The smallest absolute Gasteiger partial charge is 0.186 e. The quantitative estimate of drug-likeness (QED) is 0.917. The summed E-state index contributed by atoms with van der Waals surface area (Å²) in [5, 5.41) is 1.19. The number of rotatable bonds is 3. The van der Waals surface area contributed by atoms with Crippen LogP contribution in [0.25, 0.3) is 0 Å². The number of hydrogen-bond acceptors (Lipinski definition) is 5. The topological polar surface area (TPSA) is 45.4 Å². The first-order valence-electron chi connectivity index (χ1n) is 7.42. The van der Waals surface area contributed by atoms with Crippen molar-refractivity contribution in [2.75, 3.05) is 24.5 Å². The average Bonchev–Trinajstić information content (AvgIpc) is 3.02. The molecule has 2 unspecified atom stereocenters. The first kappa shape index (κ1) is 13.3. The largest absolute Gasteiger partial charge is 0.343 e. The molecular weight excluding hydrogens is 256 g/mol. The summed E-state index contributed by atoms with van der Waals surface area (Å²) >= 11 is 1.80. The first-order chi connectivity index (χ1) is 9.22. The van der Waals surface area contributed by atoms with E-state index in [1.165, 1.54) is 41.6 Å². The number of aryl methyl sites for hydroxylation is 1. The zero-order chi connectivity index (χ0) is 13.4. The highest BCUT2D eigenvalue weighted by Crippen LogP contribution is 2.32. The molecule has 19 heavy (non-hydrogen) atoms. The Morgan fingerprint density at radius 1 is 1.42 bits per heavy atom. The average molecular weight is 280 g/mol. The Bertz CT molecular complexity index is 423. The Morgan fingerprint density at radius 3 is 2.95 bits per heavy atom. The van der Waals surface area contributed by atoms with Crippen LogP contribution in [0.1, 0.15) is 37.3 Å². The minimum Gasteiger partial charge on any atom is -0.343 e. The van der Waals surface area contributed by atoms with Crippen molar-refractivity contribution in [2.45, 2.75) is 51.7 Å². The maximum absolute atomic E-state index is 5.83. The molecule has 0 radical (unpaired) electrons. The molecular formula is C14H24N4S. The molecule has 2 fully saturated rings. The number of anilines is 1. The van der Waals surface area contributed by atoms with Crippen LogP contribution in [0.4, 0.5) is 5.13 Å². The summed E-state index contributed by atoms with van der Waals surface area (Å²) in [6.45, 7) is 8.72. The van der Waals surface area contributed by atoms with Crippen LogP contribution in [0, 0.1) is 0 Å². The lowest BCUT2D eigenvalue weighted by molar-refractivity contribution is 0.203. The molecule has 1 aromatic rings. The van der Waals surface area contributed by atoms with E-state index < -0.39 is 0 Å². The Labute approximate surface area is 119 Å². The zero-order valence-electron chi connectivity index (χ0n) is 11.9. The minimum atomic E-state index is 0.566. The third kappa shape index (κ3) is 2.39. The molecule has 2 aliphatic rings. The van der Waals surface area contributed by atoms with E-state index in [1.54, 1.807) is 11.3 Å². The van der Waals surface area contributed by atoms with Gasteiger partial charge in [-0.15, -0.1) is 11.3 Å². The van der Waals surface area contributed by atoms with Gasteiger partial charge in [0.05, 0.1) is 5.69 Å². The van der Waals surface area contributed by atoms with E-state index in [0.717, 1.165) is 19.0 Å². The number of fused-ring (bicyclic) bond motifs is 1. The number of thiazole rings is 1. The Balaban J connectivity index is 1.82. The summed E-state index contributed by atoms with van der Waals surface area (Å²) in [5.41, 5.74) is 7.03. The minimum absolute atomic E-state index is 0.566. The summed E-state index contributed by atoms with van der Waals surface area (Å²) in [6.07, 6.45) is 3.69. The Kier molecular flexibility index (Phi) is 3.78. The van der Waals surface area contributed by atoms with Crippen molar-refractivity contribution in [3.8, 4) is 0 Å². The van der Waals surface area contributed by atoms with E-state index in [0.29, 0.717) is 12.6 Å². The first-order valence-corrected chi connectivity index (χ1v) is 8.24. The predicted octanol–water partition coefficient (Wildman–Crippen LogP) is 1.84. The van der Waals surface area contributed by atoms with Gasteiger partial charge in [0.25, 0.3) is 0 Å². The van der Waals surface area contributed by atoms with Crippen molar-refractivity contribution in [1.29, 1.82) is 0 Å². The lowest BCUT2D eigenvalue weighted by Gasteiger charge is -2.42. The van der Waals surface area contributed by atoms with Gasteiger partial charge >= 0.3 is 0 Å². The summed E-state index contributed by atoms with van der Waals surface area (Å²) < 4.78 is 0. The standard InChI is InChI=1S/C14H24N4S/c1-3-12-13(7-15)19-14(16-12)18-9-11-5-4-6-17(11)8-10(18)2/h10-11H,3-9,15H2,1-2H3. The number of nitrogens with two attached hydrogens (primary N) is 1. The van der Waals surface area contributed by atoms with E-state index in [9.17, 15) is 0 Å². The molecule has 0 spiro atoms. The van der Waals surface area contributed by atoms with E-state index in [1.807, 2.05) is 0 Å². The monoisotopic (exact) mass is 280 g/mol. The third-order valence-electron chi connectivity index (χ3n) is 4.47. The fraction of sp³-hybridized carbons (Fsp3) is 0.786. The predicted molar refractivity (Wildman–Crippen MR) is 80.8 cm³/mol. The summed E-state index contributed by atoms with van der Waals surface area (Å²) in [5.74, 6) is 0. The molecule has 3 rings (SSSR count). The molecule has 0 amide bonds. The van der Waals surface area contributed by atoms with Crippen LogP contribution in [-0.2, 0) is 13.0 Å². The molecule has 1 aromatic heterocycles. The van der Waals surface area contributed by atoms with Gasteiger partial charge in [0, 0.05) is 36.6 Å². The summed E-state index contributed by atoms with van der Waals surface area (Å²) in [4.78, 5) is 11.3. The van der Waals surface area contributed by atoms with Crippen LogP contribution >= 0.6 is 11.3 Å². The van der Waals surface area contributed by atoms with Crippen molar-refractivity contribution in [2.24, 2.45) is 5.73 Å². The maximum Gasteiger partial charge on any atom is 0.186 e. The fourth-order valence-electron chi connectivity index (χ4n) is 3.38. The van der Waals surface area contributed by atoms with Gasteiger partial charge in [0.15, 0.2) is 5.13 Å². The Hall–Kier alpha value is -0.650. The molecule has 2 N–H and O–H groups in total. The van der Waals surface area contributed by atoms with Gasteiger partial charge in [-0.05, 0) is 32.7 Å². The number of nitrogens with zero attached hydrogens (tertiary/aromatic N) is 3. The van der Waals surface area contributed by atoms with Crippen molar-refractivity contribution >= 4 is 16.5 Å². The van der Waals surface area contributed by atoms with Crippen LogP contribution in [0.5, 0.6) is 0 Å². The van der Waals surface area contributed by atoms with E-state index in [-0.39, 0.29) is 0 Å². The maximum atomic E-state index is 5.83. The summed E-state index contributed by atoms with van der Waals surface area (Å²) in [7, 11) is 0. The molecule has 0 aromatic carbocycles. The molecule has 0 aliphatic carbocycles. The van der Waals surface area contributed by atoms with Crippen LogP contribution in [0.15, 0.2) is 0 Å². The van der Waals surface area contributed by atoms with Gasteiger partial charge < -0.3 is 10.6 Å². The number of aromatic nitrogens is 1. The summed E-state index contributed by atoms with van der Waals surface area (Å²) in [6, 6.07) is 1.31. The highest BCUT2D eigenvalue weighted by Gasteiger charge is 2.35. The van der Waals surface area contributed by atoms with E-state index in [4.69, 9.17) is 10.7 Å². The number of hydrogen-bond donors (Lipinski definition) is 1. The SMILES string of the molecule is CCc1nc(N2CC3CCCN3CC2C)sc1CN. The molecule has 0 bridgehead atoms. The second-order valence-electron chi connectivity index (χ2n) is 5.72. The van der Waals surface area contributed by atoms with Crippen molar-refractivity contribution < 1.29 is 0 Å². The van der Waals surface area contributed by atoms with Crippen LogP contribution < -0.4 is 10.6 Å². The van der Waals surface area contributed by atoms with Crippen LogP contribution in [0.3, 0.4) is 0 Å². The van der Waals surface area contributed by atoms with E-state index >= 15 is 0 Å². The molecule has 2 atom stereocenters. The molecule has 106 valence electrons. The molecule has 2 saturated heterocycles. The van der Waals surface area contributed by atoms with Gasteiger partial charge in [0.2, 0.25) is 0 Å². The van der Waals surface area contributed by atoms with Crippen molar-refractivity contribution in [3.05, 3.63) is 10.6 Å². The van der Waals surface area contributed by atoms with Gasteiger partial charge in [-0.25, -0.2) is 4.98 Å². The second kappa shape index (κ2) is 5.38. The normalized spacial score (nSPS) is 27.8. The van der Waals surface area contributed by atoms with E-state index in [2.05, 4.69) is 23.6 Å². The van der Waals surface area contributed by atoms with Crippen LogP contribution in [0.2, 0.25) is 0 Å². The lowest BCUT2D eigenvalue weighted by Crippen LogP contribution is -2.55. The van der Waals surface area contributed by atoms with Crippen molar-refractivity contribution in [3.63, 3.8) is 0 Å². The molecule has 3 heterocycles. The fourth-order valence-corrected chi connectivity index (χ4v) is 4.52. The second-order valence-corrected chi connectivity index (χ2v) is 6.78. The molecule has 0 saturated carbocycles. The van der Waals surface area contributed by atoms with Crippen LogP contribution in [-0.4, -0.2) is 41.6 Å². The molecule has 4 nitrogen and oxygen atoms in total. The highest BCUT2D eigenvalue weighted by molar-refractivity contribution is 7.15. The van der Waals surface area contributed by atoms with Gasteiger partial charge in [-0.1, -0.05) is 6.92 Å². The Morgan fingerprint density at radius 2 is 2.26 bits per heavy atom. The number of piperazine rings is 1. The van der Waals surface area contributed by atoms with Gasteiger partial charge in [-0.3, -0.25) is 4.90 Å². The molecule has 5 heteroatoms. The zero-order valence-corrected chi connectivity index (χ0v) is 12.7. The van der Waals surface area contributed by atoms with Gasteiger partial charge in [-0.2, -0.15) is 0 Å². The van der Waals surface area contributed by atoms with Crippen molar-refractivity contribution in [1.82, 2.24) is 9.88 Å². The highest BCUT2D eigenvalue weighted by atomic mass is 32.1. The van der Waals surface area contributed by atoms with Gasteiger partial charge in [0.1, 0.15) is 0 Å². The third-order valence-corrected chi connectivity index (χ3v) is 5.63.